The number of ether oxygens (including phenoxy) is 3. The monoisotopic (exact) mass is 442 g/mol. The lowest BCUT2D eigenvalue weighted by atomic mass is 10.1. The molecule has 170 valence electrons. The number of aliphatic hydroxyl groups is 1. The van der Waals surface area contributed by atoms with Gasteiger partial charge in [-0.1, -0.05) is 85.5 Å². The Morgan fingerprint density at radius 3 is 1.73 bits per heavy atom. The van der Waals surface area contributed by atoms with E-state index in [0.29, 0.717) is 11.3 Å². The SMILES string of the molecule is C=Cc1ccc(C(O)Oc2ccc(C=CC=Cc3ccc(OC(C)(C)OC)cc3)cc2)cc1. The number of hydrogen-bond donors (Lipinski definition) is 1. The molecule has 33 heavy (non-hydrogen) atoms. The molecule has 0 amide bonds. The van der Waals surface area contributed by atoms with Crippen LogP contribution in [0.3, 0.4) is 0 Å². The van der Waals surface area contributed by atoms with Gasteiger partial charge in [0.2, 0.25) is 12.1 Å². The van der Waals surface area contributed by atoms with Crippen molar-refractivity contribution in [1.82, 2.24) is 0 Å². The maximum Gasteiger partial charge on any atom is 0.224 e. The highest BCUT2D eigenvalue weighted by Gasteiger charge is 2.17. The zero-order chi connectivity index (χ0) is 23.7. The maximum atomic E-state index is 10.3. The largest absolute Gasteiger partial charge is 0.463 e. The average Bonchev–Trinajstić information content (AvgIpc) is 2.83. The van der Waals surface area contributed by atoms with E-state index in [-0.39, 0.29) is 0 Å². The number of allylic oxidation sites excluding steroid dienone is 2. The van der Waals surface area contributed by atoms with E-state index < -0.39 is 12.1 Å². The van der Waals surface area contributed by atoms with Gasteiger partial charge in [-0.05, 0) is 41.0 Å². The molecule has 0 heterocycles. The Bertz CT molecular complexity index is 1080. The predicted molar refractivity (Wildman–Crippen MR) is 135 cm³/mol. The summed E-state index contributed by atoms with van der Waals surface area (Å²) in [7, 11) is 1.62. The van der Waals surface area contributed by atoms with E-state index in [1.54, 1.807) is 13.2 Å². The van der Waals surface area contributed by atoms with Crippen molar-refractivity contribution in [2.24, 2.45) is 0 Å². The molecular formula is C29H30O4. The molecule has 1 N–H and O–H groups in total. The number of benzene rings is 3. The highest BCUT2D eigenvalue weighted by Crippen LogP contribution is 2.22. The van der Waals surface area contributed by atoms with Crippen molar-refractivity contribution in [3.63, 3.8) is 0 Å². The fraction of sp³-hybridized carbons (Fsp3) is 0.172. The van der Waals surface area contributed by atoms with Gasteiger partial charge >= 0.3 is 0 Å². The summed E-state index contributed by atoms with van der Waals surface area (Å²) in [6.45, 7) is 7.47. The second-order valence-electron chi connectivity index (χ2n) is 7.90. The lowest BCUT2D eigenvalue weighted by molar-refractivity contribution is -0.134. The molecule has 0 saturated carbocycles. The Morgan fingerprint density at radius 1 is 0.758 bits per heavy atom. The Labute approximate surface area is 196 Å². The molecule has 1 atom stereocenters. The number of hydrogen-bond acceptors (Lipinski definition) is 4. The highest BCUT2D eigenvalue weighted by atomic mass is 16.7. The molecule has 0 fully saturated rings. The average molecular weight is 443 g/mol. The van der Waals surface area contributed by atoms with E-state index in [9.17, 15) is 5.11 Å². The summed E-state index contributed by atoms with van der Waals surface area (Å²) in [6.07, 6.45) is 8.72. The molecule has 3 aromatic rings. The minimum atomic E-state index is -1.02. The molecule has 4 nitrogen and oxygen atoms in total. The number of aliphatic hydroxyl groups excluding tert-OH is 1. The van der Waals surface area contributed by atoms with Crippen LogP contribution in [0.2, 0.25) is 0 Å². The van der Waals surface area contributed by atoms with Crippen molar-refractivity contribution in [2.45, 2.75) is 25.9 Å². The van der Waals surface area contributed by atoms with Gasteiger partial charge < -0.3 is 19.3 Å². The molecular weight excluding hydrogens is 412 g/mol. The Kier molecular flexibility index (Phi) is 8.25. The molecule has 3 aromatic carbocycles. The van der Waals surface area contributed by atoms with Crippen LogP contribution in [0.15, 0.2) is 91.5 Å². The molecule has 0 aliphatic carbocycles. The van der Waals surface area contributed by atoms with E-state index in [1.165, 1.54) is 0 Å². The first-order valence-corrected chi connectivity index (χ1v) is 10.7. The molecule has 1 unspecified atom stereocenters. The van der Waals surface area contributed by atoms with E-state index in [1.807, 2.05) is 111 Å². The fourth-order valence-electron chi connectivity index (χ4n) is 2.96. The van der Waals surface area contributed by atoms with Crippen LogP contribution in [-0.4, -0.2) is 18.0 Å². The van der Waals surface area contributed by atoms with Crippen molar-refractivity contribution < 1.29 is 19.3 Å². The first-order valence-electron chi connectivity index (χ1n) is 10.7. The predicted octanol–water partition coefficient (Wildman–Crippen LogP) is 6.89. The van der Waals surface area contributed by atoms with Crippen LogP contribution in [0.1, 0.15) is 42.4 Å². The van der Waals surface area contributed by atoms with Gasteiger partial charge in [0.05, 0.1) is 0 Å². The van der Waals surface area contributed by atoms with Crippen LogP contribution in [0, 0.1) is 0 Å². The smallest absolute Gasteiger partial charge is 0.224 e. The molecule has 0 spiro atoms. The van der Waals surface area contributed by atoms with Gasteiger partial charge in [-0.3, -0.25) is 0 Å². The Balaban J connectivity index is 1.52. The summed E-state index contributed by atoms with van der Waals surface area (Å²) >= 11 is 0. The minimum Gasteiger partial charge on any atom is -0.463 e. The van der Waals surface area contributed by atoms with Crippen LogP contribution in [0.5, 0.6) is 11.5 Å². The summed E-state index contributed by atoms with van der Waals surface area (Å²) in [5.74, 6) is 0.702. The quantitative estimate of drug-likeness (QED) is 0.274. The molecule has 0 aliphatic rings. The van der Waals surface area contributed by atoms with Gasteiger partial charge in [-0.2, -0.15) is 0 Å². The van der Waals surface area contributed by atoms with Gasteiger partial charge in [-0.25, -0.2) is 0 Å². The van der Waals surface area contributed by atoms with Crippen molar-refractivity contribution >= 4 is 18.2 Å². The number of rotatable bonds is 10. The molecule has 0 radical (unpaired) electrons. The van der Waals surface area contributed by atoms with Crippen LogP contribution >= 0.6 is 0 Å². The van der Waals surface area contributed by atoms with Crippen LogP contribution in [0.4, 0.5) is 0 Å². The van der Waals surface area contributed by atoms with Crippen LogP contribution in [0.25, 0.3) is 18.2 Å². The summed E-state index contributed by atoms with van der Waals surface area (Å²) in [6, 6.07) is 22.8. The van der Waals surface area contributed by atoms with Gasteiger partial charge in [0.15, 0.2) is 0 Å². The maximum absolute atomic E-state index is 10.3. The van der Waals surface area contributed by atoms with Gasteiger partial charge in [0.25, 0.3) is 0 Å². The Morgan fingerprint density at radius 2 is 1.24 bits per heavy atom. The van der Waals surface area contributed by atoms with E-state index in [2.05, 4.69) is 6.58 Å². The van der Waals surface area contributed by atoms with E-state index in [4.69, 9.17) is 14.2 Å². The molecule has 4 heteroatoms. The van der Waals surface area contributed by atoms with E-state index >= 15 is 0 Å². The summed E-state index contributed by atoms with van der Waals surface area (Å²) in [4.78, 5) is 0. The van der Waals surface area contributed by atoms with Gasteiger partial charge in [0.1, 0.15) is 11.5 Å². The third-order valence-electron chi connectivity index (χ3n) is 5.01. The third kappa shape index (κ3) is 7.49. The van der Waals surface area contributed by atoms with Crippen molar-refractivity contribution in [3.8, 4) is 11.5 Å². The lowest BCUT2D eigenvalue weighted by Crippen LogP contribution is -2.30. The third-order valence-corrected chi connectivity index (χ3v) is 5.01. The number of methoxy groups -OCH3 is 1. The first-order chi connectivity index (χ1) is 15.9. The molecule has 3 rings (SSSR count). The second-order valence-corrected chi connectivity index (χ2v) is 7.90. The summed E-state index contributed by atoms with van der Waals surface area (Å²) < 4.78 is 16.7. The van der Waals surface area contributed by atoms with Crippen molar-refractivity contribution in [1.29, 1.82) is 0 Å². The zero-order valence-electron chi connectivity index (χ0n) is 19.3. The van der Waals surface area contributed by atoms with Gasteiger partial charge in [0, 0.05) is 26.5 Å². The fourth-order valence-corrected chi connectivity index (χ4v) is 2.96. The Hall–Kier alpha value is -3.60. The standard InChI is InChI=1S/C29H30O4/c1-5-22-10-16-25(17-11-22)28(30)32-26-18-12-23(13-19-26)8-6-7-9-24-14-20-27(21-15-24)33-29(2,3)31-4/h5-21,28,30H,1H2,2-4H3. The first kappa shape index (κ1) is 24.1. The van der Waals surface area contributed by atoms with Gasteiger partial charge in [-0.15, -0.1) is 0 Å². The normalized spacial score (nSPS) is 12.7. The van der Waals surface area contributed by atoms with Crippen molar-refractivity contribution in [2.75, 3.05) is 7.11 Å². The molecule has 0 aromatic heterocycles. The minimum absolute atomic E-state index is 0.599. The highest BCUT2D eigenvalue weighted by molar-refractivity contribution is 5.58. The summed E-state index contributed by atoms with van der Waals surface area (Å²) in [5, 5.41) is 10.3. The van der Waals surface area contributed by atoms with Crippen LogP contribution in [-0.2, 0) is 4.74 Å². The summed E-state index contributed by atoms with van der Waals surface area (Å²) in [5.41, 5.74) is 3.79. The molecule has 0 aliphatic heterocycles. The molecule has 0 saturated heterocycles. The lowest BCUT2D eigenvalue weighted by Gasteiger charge is -2.24. The van der Waals surface area contributed by atoms with Crippen LogP contribution < -0.4 is 9.47 Å². The topological polar surface area (TPSA) is 47.9 Å². The molecule has 0 bridgehead atoms. The van der Waals surface area contributed by atoms with Crippen molar-refractivity contribution in [3.05, 3.63) is 114 Å². The second kappa shape index (κ2) is 11.3. The van der Waals surface area contributed by atoms with E-state index in [0.717, 1.165) is 22.4 Å². The zero-order valence-corrected chi connectivity index (χ0v) is 19.3.